The van der Waals surface area contributed by atoms with Crippen molar-refractivity contribution >= 4 is 11.6 Å². The summed E-state index contributed by atoms with van der Waals surface area (Å²) < 4.78 is 5.53. The Balaban J connectivity index is 1.97. The predicted octanol–water partition coefficient (Wildman–Crippen LogP) is 2.80. The third kappa shape index (κ3) is 3.31. The molecule has 2 N–H and O–H groups in total. The summed E-state index contributed by atoms with van der Waals surface area (Å²) in [4.78, 5) is 12.4. The Kier molecular flexibility index (Phi) is 5.01. The maximum atomic E-state index is 12.4. The Hall–Kier alpha value is -1.55. The highest BCUT2D eigenvalue weighted by atomic mass is 16.5. The van der Waals surface area contributed by atoms with Crippen LogP contribution in [0.3, 0.4) is 0 Å². The molecule has 0 bridgehead atoms. The average Bonchev–Trinajstić information content (AvgIpc) is 2.97. The molecule has 1 aliphatic rings. The van der Waals surface area contributed by atoms with Crippen molar-refractivity contribution in [1.82, 2.24) is 5.32 Å². The van der Waals surface area contributed by atoms with Crippen molar-refractivity contribution in [3.8, 4) is 5.75 Å². The molecule has 1 saturated heterocycles. The van der Waals surface area contributed by atoms with E-state index in [1.54, 1.807) is 0 Å². The number of ether oxygens (including phenoxy) is 1. The first kappa shape index (κ1) is 14.9. The summed E-state index contributed by atoms with van der Waals surface area (Å²) in [7, 11) is 0. The molecule has 2 rings (SSSR count). The van der Waals surface area contributed by atoms with Gasteiger partial charge in [0.15, 0.2) is 0 Å². The zero-order chi connectivity index (χ0) is 14.4. The zero-order valence-corrected chi connectivity index (χ0v) is 12.4. The van der Waals surface area contributed by atoms with E-state index in [0.29, 0.717) is 0 Å². The Morgan fingerprint density at radius 2 is 2.10 bits per heavy atom. The first-order valence-corrected chi connectivity index (χ1v) is 7.45. The molecule has 20 heavy (non-hydrogen) atoms. The van der Waals surface area contributed by atoms with E-state index in [1.807, 2.05) is 24.3 Å². The number of carbonyl (C=O) groups is 1. The lowest BCUT2D eigenvalue weighted by Gasteiger charge is -2.25. The maximum absolute atomic E-state index is 12.4. The van der Waals surface area contributed by atoms with Crippen molar-refractivity contribution in [2.75, 3.05) is 25.0 Å². The summed E-state index contributed by atoms with van der Waals surface area (Å²) in [5, 5.41) is 6.31. The summed E-state index contributed by atoms with van der Waals surface area (Å²) in [6.07, 6.45) is 2.76. The van der Waals surface area contributed by atoms with Gasteiger partial charge in [-0.05, 0) is 50.1 Å². The Bertz CT molecular complexity index is 436. The summed E-state index contributed by atoms with van der Waals surface area (Å²) in [6, 6.07) is 7.59. The van der Waals surface area contributed by atoms with Gasteiger partial charge in [0.05, 0.1) is 12.0 Å². The van der Waals surface area contributed by atoms with Gasteiger partial charge in [-0.15, -0.1) is 0 Å². The minimum Gasteiger partial charge on any atom is -0.494 e. The molecule has 1 unspecified atom stereocenters. The standard InChI is InChI=1S/C16H24N2O2/c1-3-11-20-14-7-5-13(6-8-14)18-15(19)16(4-2)9-10-17-12-16/h5-8,17H,3-4,9-12H2,1-2H3,(H,18,19). The third-order valence-corrected chi connectivity index (χ3v) is 3.99. The van der Waals surface area contributed by atoms with Gasteiger partial charge in [-0.1, -0.05) is 13.8 Å². The number of anilines is 1. The second-order valence-corrected chi connectivity index (χ2v) is 5.39. The number of hydrogen-bond donors (Lipinski definition) is 2. The largest absolute Gasteiger partial charge is 0.494 e. The molecule has 1 aliphatic heterocycles. The van der Waals surface area contributed by atoms with Crippen molar-refractivity contribution in [2.45, 2.75) is 33.1 Å². The van der Waals surface area contributed by atoms with E-state index in [-0.39, 0.29) is 11.3 Å². The van der Waals surface area contributed by atoms with Crippen molar-refractivity contribution in [3.63, 3.8) is 0 Å². The van der Waals surface area contributed by atoms with E-state index < -0.39 is 0 Å². The Morgan fingerprint density at radius 1 is 1.35 bits per heavy atom. The lowest BCUT2D eigenvalue weighted by molar-refractivity contribution is -0.124. The van der Waals surface area contributed by atoms with E-state index in [4.69, 9.17) is 4.74 Å². The molecule has 4 nitrogen and oxygen atoms in total. The molecule has 1 aromatic carbocycles. The fourth-order valence-electron chi connectivity index (χ4n) is 2.52. The number of carbonyl (C=O) groups excluding carboxylic acids is 1. The number of nitrogens with one attached hydrogen (secondary N) is 2. The summed E-state index contributed by atoms with van der Waals surface area (Å²) >= 11 is 0. The Labute approximate surface area is 120 Å². The van der Waals surface area contributed by atoms with Gasteiger partial charge in [-0.3, -0.25) is 4.79 Å². The molecule has 0 saturated carbocycles. The first-order valence-electron chi connectivity index (χ1n) is 7.45. The van der Waals surface area contributed by atoms with E-state index in [1.165, 1.54) is 0 Å². The van der Waals surface area contributed by atoms with Crippen LogP contribution in [-0.2, 0) is 4.79 Å². The van der Waals surface area contributed by atoms with Crippen LogP contribution in [0.25, 0.3) is 0 Å². The average molecular weight is 276 g/mol. The van der Waals surface area contributed by atoms with Gasteiger partial charge in [0.1, 0.15) is 5.75 Å². The van der Waals surface area contributed by atoms with Crippen molar-refractivity contribution in [2.24, 2.45) is 5.41 Å². The molecular formula is C16H24N2O2. The lowest BCUT2D eigenvalue weighted by atomic mass is 9.83. The van der Waals surface area contributed by atoms with Crippen LogP contribution in [-0.4, -0.2) is 25.6 Å². The van der Waals surface area contributed by atoms with Crippen molar-refractivity contribution in [1.29, 1.82) is 0 Å². The number of hydrogen-bond acceptors (Lipinski definition) is 3. The summed E-state index contributed by atoms with van der Waals surface area (Å²) in [5.74, 6) is 0.963. The molecule has 0 aromatic heterocycles. The normalized spacial score (nSPS) is 21.7. The van der Waals surface area contributed by atoms with Crippen LogP contribution < -0.4 is 15.4 Å². The number of amides is 1. The van der Waals surface area contributed by atoms with Gasteiger partial charge in [0, 0.05) is 12.2 Å². The first-order chi connectivity index (χ1) is 9.70. The SMILES string of the molecule is CCCOc1ccc(NC(=O)C2(CC)CCNC2)cc1. The highest BCUT2D eigenvalue weighted by Gasteiger charge is 2.39. The van der Waals surface area contributed by atoms with Gasteiger partial charge in [-0.25, -0.2) is 0 Å². The van der Waals surface area contributed by atoms with Crippen LogP contribution in [0.5, 0.6) is 5.75 Å². The van der Waals surface area contributed by atoms with E-state index in [9.17, 15) is 4.79 Å². The van der Waals surface area contributed by atoms with E-state index in [0.717, 1.165) is 50.4 Å². The van der Waals surface area contributed by atoms with Gasteiger partial charge in [0.25, 0.3) is 0 Å². The third-order valence-electron chi connectivity index (χ3n) is 3.99. The van der Waals surface area contributed by atoms with Crippen LogP contribution in [0.1, 0.15) is 33.1 Å². The van der Waals surface area contributed by atoms with Crippen LogP contribution in [0, 0.1) is 5.41 Å². The second kappa shape index (κ2) is 6.75. The van der Waals surface area contributed by atoms with Crippen LogP contribution in [0.2, 0.25) is 0 Å². The molecule has 1 aromatic rings. The number of benzene rings is 1. The zero-order valence-electron chi connectivity index (χ0n) is 12.4. The molecule has 0 spiro atoms. The van der Waals surface area contributed by atoms with Crippen molar-refractivity contribution < 1.29 is 9.53 Å². The second-order valence-electron chi connectivity index (χ2n) is 5.39. The fourth-order valence-corrected chi connectivity index (χ4v) is 2.52. The minimum absolute atomic E-state index is 0.118. The molecule has 1 heterocycles. The molecule has 0 radical (unpaired) electrons. The highest BCUT2D eigenvalue weighted by molar-refractivity contribution is 5.95. The van der Waals surface area contributed by atoms with Crippen LogP contribution in [0.4, 0.5) is 5.69 Å². The number of rotatable bonds is 6. The summed E-state index contributed by atoms with van der Waals surface area (Å²) in [6.45, 7) is 6.57. The summed E-state index contributed by atoms with van der Waals surface area (Å²) in [5.41, 5.74) is 0.579. The molecule has 0 aliphatic carbocycles. The van der Waals surface area contributed by atoms with Crippen LogP contribution >= 0.6 is 0 Å². The molecule has 4 heteroatoms. The molecule has 1 amide bonds. The van der Waals surface area contributed by atoms with Gasteiger partial charge >= 0.3 is 0 Å². The van der Waals surface area contributed by atoms with E-state index in [2.05, 4.69) is 24.5 Å². The smallest absolute Gasteiger partial charge is 0.231 e. The minimum atomic E-state index is -0.253. The van der Waals surface area contributed by atoms with E-state index >= 15 is 0 Å². The predicted molar refractivity (Wildman–Crippen MR) is 81.1 cm³/mol. The topological polar surface area (TPSA) is 50.4 Å². The van der Waals surface area contributed by atoms with Gasteiger partial charge in [-0.2, -0.15) is 0 Å². The Morgan fingerprint density at radius 3 is 2.65 bits per heavy atom. The maximum Gasteiger partial charge on any atom is 0.231 e. The molecular weight excluding hydrogens is 252 g/mol. The molecule has 110 valence electrons. The monoisotopic (exact) mass is 276 g/mol. The molecule has 1 atom stereocenters. The fraction of sp³-hybridized carbons (Fsp3) is 0.562. The van der Waals surface area contributed by atoms with Gasteiger partial charge < -0.3 is 15.4 Å². The van der Waals surface area contributed by atoms with Crippen LogP contribution in [0.15, 0.2) is 24.3 Å². The quantitative estimate of drug-likeness (QED) is 0.840. The highest BCUT2D eigenvalue weighted by Crippen LogP contribution is 2.31. The molecule has 1 fully saturated rings. The van der Waals surface area contributed by atoms with Gasteiger partial charge in [0.2, 0.25) is 5.91 Å². The lowest BCUT2D eigenvalue weighted by Crippen LogP contribution is -2.37. The van der Waals surface area contributed by atoms with Crippen molar-refractivity contribution in [3.05, 3.63) is 24.3 Å².